The molecule has 9 nitrogen and oxygen atoms in total. The van der Waals surface area contributed by atoms with E-state index in [4.69, 9.17) is 9.72 Å². The first kappa shape index (κ1) is 24.8. The van der Waals surface area contributed by atoms with Crippen LogP contribution in [0.2, 0.25) is 0 Å². The van der Waals surface area contributed by atoms with Gasteiger partial charge in [-0.15, -0.1) is 0 Å². The van der Waals surface area contributed by atoms with E-state index in [1.807, 2.05) is 7.05 Å². The molecule has 2 heterocycles. The number of nitrogens with one attached hydrogen (secondary N) is 2. The lowest BCUT2D eigenvalue weighted by Crippen LogP contribution is -2.43. The Morgan fingerprint density at radius 3 is 2.60 bits per heavy atom. The van der Waals surface area contributed by atoms with Crippen molar-refractivity contribution in [3.8, 4) is 5.75 Å². The number of amides is 2. The molecule has 1 atom stereocenters. The second-order valence-corrected chi connectivity index (χ2v) is 9.41. The average molecular weight is 481 g/mol. The topological polar surface area (TPSA) is 99.7 Å². The first-order chi connectivity index (χ1) is 16.9. The summed E-state index contributed by atoms with van der Waals surface area (Å²) < 4.78 is 5.52. The SMILES string of the molecule is CNC(=O)c1ccc(Nc2ncc3c(n2)N(C2CCCC2)[C@@H](C)CCCCC(=O)N3C)c(OC)c1. The number of benzene rings is 1. The van der Waals surface area contributed by atoms with Gasteiger partial charge < -0.3 is 25.2 Å². The minimum Gasteiger partial charge on any atom is -0.495 e. The Balaban J connectivity index is 1.74. The first-order valence-electron chi connectivity index (χ1n) is 12.5. The highest BCUT2D eigenvalue weighted by Crippen LogP contribution is 2.38. The summed E-state index contributed by atoms with van der Waals surface area (Å²) >= 11 is 0. The van der Waals surface area contributed by atoms with E-state index in [9.17, 15) is 9.59 Å². The highest BCUT2D eigenvalue weighted by Gasteiger charge is 2.32. The molecule has 2 amide bonds. The summed E-state index contributed by atoms with van der Waals surface area (Å²) in [5, 5.41) is 5.89. The van der Waals surface area contributed by atoms with Crippen LogP contribution in [0.3, 0.4) is 0 Å². The predicted octanol–water partition coefficient (Wildman–Crippen LogP) is 4.26. The van der Waals surface area contributed by atoms with Crippen molar-refractivity contribution in [2.75, 3.05) is 36.3 Å². The van der Waals surface area contributed by atoms with E-state index in [0.29, 0.717) is 41.5 Å². The molecule has 0 spiro atoms. The van der Waals surface area contributed by atoms with Crippen LogP contribution in [0.15, 0.2) is 24.4 Å². The Morgan fingerprint density at radius 1 is 1.14 bits per heavy atom. The number of nitrogens with zero attached hydrogens (tertiary/aromatic N) is 4. The number of hydrogen-bond acceptors (Lipinski definition) is 7. The fraction of sp³-hybridized carbons (Fsp3) is 0.538. The van der Waals surface area contributed by atoms with Crippen molar-refractivity contribution in [2.24, 2.45) is 0 Å². The number of carbonyl (C=O) groups excluding carboxylic acids is 2. The molecular weight excluding hydrogens is 444 g/mol. The van der Waals surface area contributed by atoms with E-state index >= 15 is 0 Å². The van der Waals surface area contributed by atoms with Gasteiger partial charge in [-0.1, -0.05) is 19.3 Å². The van der Waals surface area contributed by atoms with Crippen molar-refractivity contribution in [1.82, 2.24) is 15.3 Å². The maximum atomic E-state index is 12.9. The molecule has 35 heavy (non-hydrogen) atoms. The Kier molecular flexibility index (Phi) is 7.73. The third-order valence-corrected chi connectivity index (χ3v) is 7.12. The number of ether oxygens (including phenoxy) is 1. The summed E-state index contributed by atoms with van der Waals surface area (Å²) in [6.07, 6.45) is 9.88. The van der Waals surface area contributed by atoms with Crippen LogP contribution >= 0.6 is 0 Å². The summed E-state index contributed by atoms with van der Waals surface area (Å²) in [6, 6.07) is 5.90. The molecule has 1 aromatic heterocycles. The van der Waals surface area contributed by atoms with E-state index in [1.165, 1.54) is 12.8 Å². The molecule has 1 aliphatic heterocycles. The minimum absolute atomic E-state index is 0.0861. The standard InChI is InChI=1S/C26H36N6O3/c1-17-9-5-8-12-23(33)31(3)21-16-28-26(30-24(21)32(17)19-10-6-7-11-19)29-20-14-13-18(25(34)27-2)15-22(20)35-4/h13-17,19H,5-12H2,1-4H3,(H,27,34)(H,28,29,30)/t17-/m0/s1. The van der Waals surface area contributed by atoms with E-state index in [1.54, 1.807) is 43.5 Å². The van der Waals surface area contributed by atoms with Gasteiger partial charge in [0.25, 0.3) is 5.91 Å². The van der Waals surface area contributed by atoms with Gasteiger partial charge in [-0.3, -0.25) is 9.59 Å². The second kappa shape index (κ2) is 10.9. The van der Waals surface area contributed by atoms with E-state index in [0.717, 1.165) is 43.6 Å². The number of hydrogen-bond donors (Lipinski definition) is 2. The predicted molar refractivity (Wildman–Crippen MR) is 138 cm³/mol. The maximum absolute atomic E-state index is 12.9. The molecule has 0 radical (unpaired) electrons. The number of carbonyl (C=O) groups is 2. The zero-order valence-electron chi connectivity index (χ0n) is 21.1. The van der Waals surface area contributed by atoms with Gasteiger partial charge in [0.2, 0.25) is 11.9 Å². The summed E-state index contributed by atoms with van der Waals surface area (Å²) in [4.78, 5) is 38.5. The fourth-order valence-corrected chi connectivity index (χ4v) is 5.13. The molecule has 2 aromatic rings. The molecule has 9 heteroatoms. The van der Waals surface area contributed by atoms with Crippen LogP contribution in [0, 0.1) is 0 Å². The van der Waals surface area contributed by atoms with Crippen molar-refractivity contribution in [2.45, 2.75) is 70.4 Å². The molecule has 2 aliphatic rings. The first-order valence-corrected chi connectivity index (χ1v) is 12.5. The lowest BCUT2D eigenvalue weighted by Gasteiger charge is -2.38. The lowest BCUT2D eigenvalue weighted by atomic mass is 10.0. The minimum atomic E-state index is -0.187. The molecule has 1 aromatic carbocycles. The zero-order chi connectivity index (χ0) is 24.9. The summed E-state index contributed by atoms with van der Waals surface area (Å²) in [6.45, 7) is 2.27. The lowest BCUT2D eigenvalue weighted by molar-refractivity contribution is -0.118. The van der Waals surface area contributed by atoms with Crippen LogP contribution in [0.1, 0.15) is 68.6 Å². The van der Waals surface area contributed by atoms with Crippen molar-refractivity contribution < 1.29 is 14.3 Å². The Labute approximate surface area is 207 Å². The van der Waals surface area contributed by atoms with E-state index in [2.05, 4.69) is 27.4 Å². The molecule has 0 saturated heterocycles. The summed E-state index contributed by atoms with van der Waals surface area (Å²) in [5.41, 5.74) is 1.90. The number of rotatable bonds is 5. The fourth-order valence-electron chi connectivity index (χ4n) is 5.13. The summed E-state index contributed by atoms with van der Waals surface area (Å²) in [7, 11) is 4.97. The van der Waals surface area contributed by atoms with Crippen molar-refractivity contribution in [3.63, 3.8) is 0 Å². The largest absolute Gasteiger partial charge is 0.495 e. The molecule has 4 rings (SSSR count). The van der Waals surface area contributed by atoms with Crippen molar-refractivity contribution in [1.29, 1.82) is 0 Å². The smallest absolute Gasteiger partial charge is 0.251 e. The van der Waals surface area contributed by atoms with Gasteiger partial charge in [-0.25, -0.2) is 4.98 Å². The second-order valence-electron chi connectivity index (χ2n) is 9.41. The van der Waals surface area contributed by atoms with E-state index in [-0.39, 0.29) is 11.8 Å². The third-order valence-electron chi connectivity index (χ3n) is 7.12. The normalized spacial score (nSPS) is 19.3. The van der Waals surface area contributed by atoms with Crippen LogP contribution in [0.4, 0.5) is 23.1 Å². The Morgan fingerprint density at radius 2 is 1.89 bits per heavy atom. The van der Waals surface area contributed by atoms with Crippen LogP contribution in [-0.4, -0.2) is 55.1 Å². The van der Waals surface area contributed by atoms with Crippen LogP contribution in [0.25, 0.3) is 0 Å². The van der Waals surface area contributed by atoms with E-state index < -0.39 is 0 Å². The highest BCUT2D eigenvalue weighted by atomic mass is 16.5. The third kappa shape index (κ3) is 5.33. The van der Waals surface area contributed by atoms with Crippen molar-refractivity contribution >= 4 is 35.0 Å². The number of fused-ring (bicyclic) bond motifs is 1. The van der Waals surface area contributed by atoms with Crippen molar-refractivity contribution in [3.05, 3.63) is 30.0 Å². The highest BCUT2D eigenvalue weighted by molar-refractivity contribution is 5.96. The van der Waals surface area contributed by atoms with Gasteiger partial charge in [-0.2, -0.15) is 4.98 Å². The number of methoxy groups -OCH3 is 1. The molecule has 0 unspecified atom stereocenters. The molecule has 1 aliphatic carbocycles. The molecule has 188 valence electrons. The Hall–Kier alpha value is -3.36. The van der Waals surface area contributed by atoms with Gasteiger partial charge in [0.1, 0.15) is 11.4 Å². The molecular formula is C26H36N6O3. The van der Waals surface area contributed by atoms with Crippen LogP contribution in [-0.2, 0) is 4.79 Å². The van der Waals surface area contributed by atoms with Crippen LogP contribution in [0.5, 0.6) is 5.75 Å². The number of aromatic nitrogens is 2. The monoisotopic (exact) mass is 480 g/mol. The quantitative estimate of drug-likeness (QED) is 0.659. The van der Waals surface area contributed by atoms with Gasteiger partial charge in [-0.05, 0) is 50.8 Å². The summed E-state index contributed by atoms with van der Waals surface area (Å²) in [5.74, 6) is 1.63. The maximum Gasteiger partial charge on any atom is 0.251 e. The average Bonchev–Trinajstić information content (AvgIpc) is 3.40. The zero-order valence-corrected chi connectivity index (χ0v) is 21.1. The molecule has 1 saturated carbocycles. The number of anilines is 4. The molecule has 0 bridgehead atoms. The molecule has 2 N–H and O–H groups in total. The van der Waals surface area contributed by atoms with Crippen LogP contribution < -0.4 is 25.2 Å². The molecule has 1 fully saturated rings. The van der Waals surface area contributed by atoms with Gasteiger partial charge >= 0.3 is 0 Å². The van der Waals surface area contributed by atoms with Gasteiger partial charge in [0, 0.05) is 38.2 Å². The Bertz CT molecular complexity index is 1070. The van der Waals surface area contributed by atoms with Gasteiger partial charge in [0.05, 0.1) is 19.0 Å². The van der Waals surface area contributed by atoms with Gasteiger partial charge in [0.15, 0.2) is 5.82 Å².